The fourth-order valence-electron chi connectivity index (χ4n) is 2.60. The Balaban J connectivity index is 2.74. The summed E-state index contributed by atoms with van der Waals surface area (Å²) in [6.07, 6.45) is 1.10. The number of carbonyl (C=O) groups excluding carboxylic acids is 1. The first-order valence-electron chi connectivity index (χ1n) is 7.49. The molecule has 20 heavy (non-hydrogen) atoms. The molecular weight excluding hydrogens is 272 g/mol. The second-order valence-corrected chi connectivity index (χ2v) is 5.95. The minimum atomic E-state index is -0.459. The molecule has 1 unspecified atom stereocenters. The highest BCUT2D eigenvalue weighted by Gasteiger charge is 2.19. The van der Waals surface area contributed by atoms with Crippen LogP contribution in [0.1, 0.15) is 48.9 Å². The smallest absolute Gasteiger partial charge is 0.182 e. The number of aryl methyl sites for hydroxylation is 1. The van der Waals surface area contributed by atoms with Crippen LogP contribution in [-0.2, 0) is 6.54 Å². The number of hydrogen-bond acceptors (Lipinski definition) is 2. The van der Waals surface area contributed by atoms with E-state index in [0.29, 0.717) is 0 Å². The summed E-state index contributed by atoms with van der Waals surface area (Å²) in [5, 5.41) is -0.459. The molecule has 0 saturated carbocycles. The largest absolute Gasteiger partial charge is 0.348 e. The molecule has 1 atom stereocenters. The zero-order chi connectivity index (χ0) is 15.3. The van der Waals surface area contributed by atoms with Crippen molar-refractivity contribution in [1.82, 2.24) is 9.47 Å². The first-order valence-corrected chi connectivity index (χ1v) is 7.93. The first kappa shape index (κ1) is 17.3. The van der Waals surface area contributed by atoms with Gasteiger partial charge in [-0.05, 0) is 52.9 Å². The van der Waals surface area contributed by atoms with Gasteiger partial charge in [0.1, 0.15) is 0 Å². The molecule has 0 aliphatic rings. The van der Waals surface area contributed by atoms with Crippen molar-refractivity contribution in [2.75, 3.05) is 19.6 Å². The molecule has 3 nitrogen and oxygen atoms in total. The minimum absolute atomic E-state index is 0.0229. The summed E-state index contributed by atoms with van der Waals surface area (Å²) in [6, 6.07) is 1.97. The zero-order valence-electron chi connectivity index (χ0n) is 13.4. The number of Topliss-reactive ketones (excluding diaryl/α,β-unsaturated/α-hetero) is 1. The van der Waals surface area contributed by atoms with Crippen LogP contribution in [0.3, 0.4) is 0 Å². The van der Waals surface area contributed by atoms with Gasteiger partial charge in [0.05, 0.1) is 5.38 Å². The Morgan fingerprint density at radius 3 is 2.45 bits per heavy atom. The van der Waals surface area contributed by atoms with Gasteiger partial charge in [-0.25, -0.2) is 0 Å². The predicted molar refractivity (Wildman–Crippen MR) is 86.0 cm³/mol. The molecule has 0 spiro atoms. The molecule has 4 heteroatoms. The lowest BCUT2D eigenvalue weighted by Gasteiger charge is -2.18. The van der Waals surface area contributed by atoms with Crippen LogP contribution in [0.15, 0.2) is 6.07 Å². The van der Waals surface area contributed by atoms with Gasteiger partial charge in [-0.2, -0.15) is 0 Å². The number of aromatic nitrogens is 1. The van der Waals surface area contributed by atoms with Crippen molar-refractivity contribution in [2.45, 2.75) is 53.0 Å². The molecule has 0 N–H and O–H groups in total. The first-order chi connectivity index (χ1) is 9.42. The number of alkyl halides is 1. The average Bonchev–Trinajstić information content (AvgIpc) is 2.70. The van der Waals surface area contributed by atoms with Crippen LogP contribution in [0, 0.1) is 13.8 Å². The number of halogens is 1. The summed E-state index contributed by atoms with van der Waals surface area (Å²) >= 11 is 5.91. The molecule has 0 fully saturated rings. The Kier molecular flexibility index (Phi) is 6.77. The maximum absolute atomic E-state index is 12.1. The van der Waals surface area contributed by atoms with E-state index >= 15 is 0 Å². The van der Waals surface area contributed by atoms with Gasteiger partial charge in [0, 0.05) is 23.5 Å². The van der Waals surface area contributed by atoms with Crippen molar-refractivity contribution in [3.8, 4) is 0 Å². The van der Waals surface area contributed by atoms with Gasteiger partial charge >= 0.3 is 0 Å². The van der Waals surface area contributed by atoms with Gasteiger partial charge in [0.2, 0.25) is 0 Å². The molecule has 1 heterocycles. The third-order valence-electron chi connectivity index (χ3n) is 3.95. The number of hydrogen-bond donors (Lipinski definition) is 0. The van der Waals surface area contributed by atoms with Crippen LogP contribution in [0.2, 0.25) is 0 Å². The Morgan fingerprint density at radius 2 is 1.95 bits per heavy atom. The van der Waals surface area contributed by atoms with E-state index in [0.717, 1.165) is 49.6 Å². The monoisotopic (exact) mass is 298 g/mol. The third kappa shape index (κ3) is 4.10. The van der Waals surface area contributed by atoms with E-state index in [-0.39, 0.29) is 5.78 Å². The van der Waals surface area contributed by atoms with Crippen LogP contribution in [0.4, 0.5) is 0 Å². The molecule has 0 bridgehead atoms. The average molecular weight is 299 g/mol. The van der Waals surface area contributed by atoms with Gasteiger partial charge in [-0.1, -0.05) is 13.8 Å². The van der Waals surface area contributed by atoms with E-state index in [1.165, 1.54) is 0 Å². The van der Waals surface area contributed by atoms with Gasteiger partial charge < -0.3 is 9.47 Å². The van der Waals surface area contributed by atoms with Gasteiger partial charge in [0.25, 0.3) is 0 Å². The number of ketones is 1. The molecule has 0 aliphatic carbocycles. The van der Waals surface area contributed by atoms with Gasteiger partial charge in [-0.15, -0.1) is 11.6 Å². The Morgan fingerprint density at radius 1 is 1.35 bits per heavy atom. The highest BCUT2D eigenvalue weighted by atomic mass is 35.5. The lowest BCUT2D eigenvalue weighted by atomic mass is 10.1. The summed E-state index contributed by atoms with van der Waals surface area (Å²) in [4.78, 5) is 14.5. The Bertz CT molecular complexity index is 448. The molecule has 0 saturated heterocycles. The summed E-state index contributed by atoms with van der Waals surface area (Å²) in [5.41, 5.74) is 2.95. The molecule has 114 valence electrons. The van der Waals surface area contributed by atoms with Crippen LogP contribution in [0.25, 0.3) is 0 Å². The van der Waals surface area contributed by atoms with E-state index in [9.17, 15) is 4.79 Å². The fourth-order valence-corrected chi connectivity index (χ4v) is 2.72. The molecule has 1 aromatic rings. The summed E-state index contributed by atoms with van der Waals surface area (Å²) < 4.78 is 2.23. The highest BCUT2D eigenvalue weighted by Crippen LogP contribution is 2.19. The summed E-state index contributed by atoms with van der Waals surface area (Å²) in [5.74, 6) is 0.0229. The zero-order valence-corrected chi connectivity index (χ0v) is 14.1. The molecule has 1 aromatic heterocycles. The topological polar surface area (TPSA) is 25.2 Å². The molecular formula is C16H27ClN2O. The molecule has 0 radical (unpaired) electrons. The van der Waals surface area contributed by atoms with Gasteiger partial charge in [-0.3, -0.25) is 4.79 Å². The van der Waals surface area contributed by atoms with Crippen LogP contribution >= 0.6 is 11.6 Å². The standard InChI is InChI=1S/C16H27ClN2O/c1-6-18(7-2)9-8-10-19-12(3)11-15(14(19)5)16(20)13(4)17/h11,13H,6-10H2,1-5H3. The second kappa shape index (κ2) is 7.84. The summed E-state index contributed by atoms with van der Waals surface area (Å²) in [7, 11) is 0. The van der Waals surface area contributed by atoms with Crippen molar-refractivity contribution in [3.63, 3.8) is 0 Å². The van der Waals surface area contributed by atoms with E-state index in [1.807, 2.05) is 13.0 Å². The highest BCUT2D eigenvalue weighted by molar-refractivity contribution is 6.33. The Hall–Kier alpha value is -0.800. The van der Waals surface area contributed by atoms with E-state index in [1.54, 1.807) is 6.92 Å². The number of nitrogens with zero attached hydrogens (tertiary/aromatic N) is 2. The lowest BCUT2D eigenvalue weighted by Crippen LogP contribution is -2.25. The van der Waals surface area contributed by atoms with Gasteiger partial charge in [0.15, 0.2) is 5.78 Å². The molecule has 1 rings (SSSR count). The molecule has 0 amide bonds. The number of rotatable bonds is 8. The van der Waals surface area contributed by atoms with Crippen LogP contribution in [0.5, 0.6) is 0 Å². The van der Waals surface area contributed by atoms with Crippen molar-refractivity contribution in [1.29, 1.82) is 0 Å². The van der Waals surface area contributed by atoms with Crippen molar-refractivity contribution in [2.24, 2.45) is 0 Å². The van der Waals surface area contributed by atoms with Crippen molar-refractivity contribution in [3.05, 3.63) is 23.0 Å². The fraction of sp³-hybridized carbons (Fsp3) is 0.688. The van der Waals surface area contributed by atoms with Crippen molar-refractivity contribution >= 4 is 17.4 Å². The third-order valence-corrected chi connectivity index (χ3v) is 4.15. The predicted octanol–water partition coefficient (Wildman–Crippen LogP) is 3.65. The lowest BCUT2D eigenvalue weighted by molar-refractivity contribution is 0.0991. The molecule has 0 aliphatic heterocycles. The van der Waals surface area contributed by atoms with Crippen molar-refractivity contribution < 1.29 is 4.79 Å². The SMILES string of the molecule is CCN(CC)CCCn1c(C)cc(C(=O)C(C)Cl)c1C. The van der Waals surface area contributed by atoms with E-state index < -0.39 is 5.38 Å². The second-order valence-electron chi connectivity index (χ2n) is 5.30. The molecule has 0 aromatic carbocycles. The number of carbonyl (C=O) groups is 1. The summed E-state index contributed by atoms with van der Waals surface area (Å²) in [6.45, 7) is 14.4. The van der Waals surface area contributed by atoms with Crippen LogP contribution in [-0.4, -0.2) is 40.3 Å². The van der Waals surface area contributed by atoms with E-state index in [2.05, 4.69) is 30.2 Å². The maximum Gasteiger partial charge on any atom is 0.182 e. The Labute approximate surface area is 127 Å². The maximum atomic E-state index is 12.1. The quantitative estimate of drug-likeness (QED) is 0.541. The van der Waals surface area contributed by atoms with Crippen LogP contribution < -0.4 is 0 Å². The minimum Gasteiger partial charge on any atom is -0.348 e. The van der Waals surface area contributed by atoms with E-state index in [4.69, 9.17) is 11.6 Å². The normalized spacial score (nSPS) is 12.9.